The van der Waals surface area contributed by atoms with Gasteiger partial charge in [0.2, 0.25) is 5.91 Å². The smallest absolute Gasteiger partial charge is 0.247 e. The molecule has 0 fully saturated rings. The number of hydroxylamine groups is 2. The van der Waals surface area contributed by atoms with E-state index >= 15 is 0 Å². The predicted molar refractivity (Wildman–Crippen MR) is 63.8 cm³/mol. The first-order valence-corrected chi connectivity index (χ1v) is 5.88. The lowest BCUT2D eigenvalue weighted by molar-refractivity contribution is -0.214. The van der Waals surface area contributed by atoms with E-state index in [1.807, 2.05) is 34.6 Å². The van der Waals surface area contributed by atoms with E-state index in [-0.39, 0.29) is 12.3 Å². The monoisotopic (exact) mass is 226 g/mol. The predicted octanol–water partition coefficient (Wildman–Crippen LogP) is 2.41. The Kier molecular flexibility index (Phi) is 3.55. The first-order chi connectivity index (χ1) is 7.30. The second-order valence-corrected chi connectivity index (χ2v) is 5.06. The van der Waals surface area contributed by atoms with Crippen LogP contribution in [-0.4, -0.2) is 33.0 Å². The van der Waals surface area contributed by atoms with E-state index in [4.69, 9.17) is 0 Å². The quantitative estimate of drug-likeness (QED) is 0.786. The van der Waals surface area contributed by atoms with Crippen molar-refractivity contribution in [2.45, 2.75) is 65.0 Å². The lowest BCUT2D eigenvalue weighted by Gasteiger charge is -2.45. The molecule has 0 bridgehead atoms. The van der Waals surface area contributed by atoms with Gasteiger partial charge in [-0.2, -0.15) is 5.06 Å². The third kappa shape index (κ3) is 1.92. The molecule has 2 atom stereocenters. The van der Waals surface area contributed by atoms with Crippen molar-refractivity contribution in [2.75, 3.05) is 0 Å². The van der Waals surface area contributed by atoms with Crippen LogP contribution in [0.2, 0.25) is 0 Å². The SMILES string of the molecule is CCC1(C)CC(=O)N=C(C)C(C)(CC)N1O. The Morgan fingerprint density at radius 3 is 2.38 bits per heavy atom. The summed E-state index contributed by atoms with van der Waals surface area (Å²) in [6.07, 6.45) is 1.71. The van der Waals surface area contributed by atoms with Crippen LogP contribution in [-0.2, 0) is 4.79 Å². The summed E-state index contributed by atoms with van der Waals surface area (Å²) in [7, 11) is 0. The van der Waals surface area contributed by atoms with Crippen LogP contribution in [0.5, 0.6) is 0 Å². The standard InChI is InChI=1S/C12H22N2O2/c1-6-11(4)8-10(15)13-9(3)12(5,7-2)14(11)16/h16H,6-8H2,1-5H3. The summed E-state index contributed by atoms with van der Waals surface area (Å²) in [6, 6.07) is 0. The van der Waals surface area contributed by atoms with Crippen molar-refractivity contribution < 1.29 is 10.0 Å². The molecule has 0 radical (unpaired) electrons. The first kappa shape index (κ1) is 13.3. The zero-order chi connectivity index (χ0) is 12.6. The van der Waals surface area contributed by atoms with Gasteiger partial charge in [-0.05, 0) is 33.6 Å². The second-order valence-electron chi connectivity index (χ2n) is 5.06. The van der Waals surface area contributed by atoms with E-state index in [2.05, 4.69) is 4.99 Å². The van der Waals surface area contributed by atoms with Gasteiger partial charge in [0.15, 0.2) is 0 Å². The van der Waals surface area contributed by atoms with Crippen molar-refractivity contribution in [1.82, 2.24) is 5.06 Å². The van der Waals surface area contributed by atoms with Crippen LogP contribution >= 0.6 is 0 Å². The Morgan fingerprint density at radius 2 is 1.94 bits per heavy atom. The van der Waals surface area contributed by atoms with Crippen LogP contribution in [0.25, 0.3) is 0 Å². The molecule has 1 aliphatic heterocycles. The van der Waals surface area contributed by atoms with E-state index in [0.29, 0.717) is 12.1 Å². The van der Waals surface area contributed by atoms with Crippen molar-refractivity contribution in [3.63, 3.8) is 0 Å². The maximum atomic E-state index is 11.7. The second kappa shape index (κ2) is 4.26. The van der Waals surface area contributed by atoms with Crippen molar-refractivity contribution in [3.8, 4) is 0 Å². The molecule has 0 saturated carbocycles. The van der Waals surface area contributed by atoms with Crippen LogP contribution < -0.4 is 0 Å². The summed E-state index contributed by atoms with van der Waals surface area (Å²) < 4.78 is 0. The number of carbonyl (C=O) groups excluding carboxylic acids is 1. The van der Waals surface area contributed by atoms with Crippen molar-refractivity contribution in [2.24, 2.45) is 4.99 Å². The Balaban J connectivity index is 3.26. The summed E-state index contributed by atoms with van der Waals surface area (Å²) in [4.78, 5) is 15.8. The Morgan fingerprint density at radius 1 is 1.38 bits per heavy atom. The van der Waals surface area contributed by atoms with E-state index in [9.17, 15) is 10.0 Å². The molecule has 1 aliphatic rings. The van der Waals surface area contributed by atoms with Crippen molar-refractivity contribution in [1.29, 1.82) is 0 Å². The summed E-state index contributed by atoms with van der Waals surface area (Å²) in [5.41, 5.74) is -0.375. The molecule has 0 aromatic rings. The zero-order valence-corrected chi connectivity index (χ0v) is 10.9. The fraction of sp³-hybridized carbons (Fsp3) is 0.833. The first-order valence-electron chi connectivity index (χ1n) is 5.88. The minimum atomic E-state index is -0.545. The molecule has 1 rings (SSSR count). The van der Waals surface area contributed by atoms with E-state index < -0.39 is 11.1 Å². The Labute approximate surface area is 97.3 Å². The van der Waals surface area contributed by atoms with E-state index in [1.165, 1.54) is 5.06 Å². The van der Waals surface area contributed by atoms with E-state index in [0.717, 1.165) is 6.42 Å². The van der Waals surface area contributed by atoms with Crippen LogP contribution in [0.1, 0.15) is 53.9 Å². The van der Waals surface area contributed by atoms with E-state index in [1.54, 1.807) is 0 Å². The molecule has 4 nitrogen and oxygen atoms in total. The van der Waals surface area contributed by atoms with Gasteiger partial charge < -0.3 is 5.21 Å². The third-order valence-corrected chi connectivity index (χ3v) is 4.03. The minimum absolute atomic E-state index is 0.141. The number of rotatable bonds is 2. The van der Waals surface area contributed by atoms with Gasteiger partial charge in [-0.1, -0.05) is 13.8 Å². The van der Waals surface area contributed by atoms with Gasteiger partial charge >= 0.3 is 0 Å². The normalized spacial score (nSPS) is 37.1. The zero-order valence-electron chi connectivity index (χ0n) is 10.9. The number of hydrogen-bond donors (Lipinski definition) is 1. The van der Waals surface area contributed by atoms with Gasteiger partial charge in [0, 0.05) is 12.1 Å². The summed E-state index contributed by atoms with van der Waals surface area (Å²) in [6.45, 7) is 9.62. The molecule has 0 spiro atoms. The lowest BCUT2D eigenvalue weighted by Crippen LogP contribution is -2.58. The molecule has 16 heavy (non-hydrogen) atoms. The molecule has 0 aliphatic carbocycles. The maximum Gasteiger partial charge on any atom is 0.247 e. The van der Waals surface area contributed by atoms with Gasteiger partial charge in [0.05, 0.1) is 11.1 Å². The topological polar surface area (TPSA) is 52.9 Å². The fourth-order valence-corrected chi connectivity index (χ4v) is 2.18. The molecule has 1 heterocycles. The lowest BCUT2D eigenvalue weighted by atomic mass is 9.86. The molecule has 0 aromatic carbocycles. The van der Waals surface area contributed by atoms with Gasteiger partial charge in [-0.25, -0.2) is 4.99 Å². The van der Waals surface area contributed by atoms with Crippen molar-refractivity contribution >= 4 is 11.6 Å². The summed E-state index contributed by atoms with van der Waals surface area (Å²) in [5, 5.41) is 11.8. The third-order valence-electron chi connectivity index (χ3n) is 4.03. The number of amides is 1. The molecular weight excluding hydrogens is 204 g/mol. The Bertz CT molecular complexity index is 327. The number of carbonyl (C=O) groups is 1. The molecule has 1 N–H and O–H groups in total. The largest absolute Gasteiger partial charge is 0.313 e. The number of hydrogen-bond acceptors (Lipinski definition) is 3. The molecule has 0 aromatic heterocycles. The highest BCUT2D eigenvalue weighted by Gasteiger charge is 2.46. The van der Waals surface area contributed by atoms with Crippen LogP contribution in [0.3, 0.4) is 0 Å². The molecule has 2 unspecified atom stereocenters. The average Bonchev–Trinajstić information content (AvgIpc) is 2.30. The fourth-order valence-electron chi connectivity index (χ4n) is 2.18. The molecule has 1 amide bonds. The highest BCUT2D eigenvalue weighted by Crippen LogP contribution is 2.34. The molecule has 0 saturated heterocycles. The number of nitrogens with zero attached hydrogens (tertiary/aromatic N) is 2. The van der Waals surface area contributed by atoms with Gasteiger partial charge in [0.25, 0.3) is 0 Å². The highest BCUT2D eigenvalue weighted by molar-refractivity contribution is 6.00. The van der Waals surface area contributed by atoms with Gasteiger partial charge in [-0.15, -0.1) is 0 Å². The van der Waals surface area contributed by atoms with Crippen LogP contribution in [0.15, 0.2) is 4.99 Å². The average molecular weight is 226 g/mol. The number of aliphatic imine (C=N–C) groups is 1. The molecular formula is C12H22N2O2. The van der Waals surface area contributed by atoms with Crippen molar-refractivity contribution in [3.05, 3.63) is 0 Å². The molecule has 4 heteroatoms. The van der Waals surface area contributed by atoms with Crippen LogP contribution in [0.4, 0.5) is 0 Å². The Hall–Kier alpha value is -0.740. The minimum Gasteiger partial charge on any atom is -0.313 e. The summed E-state index contributed by atoms with van der Waals surface area (Å²) >= 11 is 0. The van der Waals surface area contributed by atoms with Gasteiger partial charge in [0.1, 0.15) is 0 Å². The summed E-state index contributed by atoms with van der Waals surface area (Å²) in [5.74, 6) is -0.141. The maximum absolute atomic E-state index is 11.7. The van der Waals surface area contributed by atoms with Gasteiger partial charge in [-0.3, -0.25) is 4.79 Å². The molecule has 92 valence electrons. The highest BCUT2D eigenvalue weighted by atomic mass is 16.5. The van der Waals surface area contributed by atoms with Crippen LogP contribution in [0, 0.1) is 0 Å².